The van der Waals surface area contributed by atoms with E-state index in [1.165, 1.54) is 39.8 Å². The molecule has 0 unspecified atom stereocenters. The third-order valence-corrected chi connectivity index (χ3v) is 10.4. The molecule has 0 aliphatic carbocycles. The lowest BCUT2D eigenvalue weighted by Crippen LogP contribution is -2.17. The monoisotopic (exact) mass is 754 g/mol. The van der Waals surface area contributed by atoms with Crippen LogP contribution in [0.1, 0.15) is 14.9 Å². The van der Waals surface area contributed by atoms with E-state index in [9.17, 15) is 14.0 Å². The first-order valence-electron chi connectivity index (χ1n) is 15.5. The Morgan fingerprint density at radius 2 is 1.11 bits per heavy atom. The Balaban J connectivity index is 0.000000197. The molecule has 0 saturated heterocycles. The number of halogens is 1. The van der Waals surface area contributed by atoms with Crippen LogP contribution in [0.15, 0.2) is 89.2 Å². The van der Waals surface area contributed by atoms with Crippen molar-refractivity contribution < 1.29 is 13.9 Å². The van der Waals surface area contributed by atoms with Gasteiger partial charge in [0, 0.05) is 34.4 Å². The number of pyridine rings is 2. The summed E-state index contributed by atoms with van der Waals surface area (Å²) in [5, 5.41) is 1.49. The zero-order chi connectivity index (χ0) is 36.0. The van der Waals surface area contributed by atoms with Gasteiger partial charge in [0.2, 0.25) is 0 Å². The molecule has 15 heteroatoms. The van der Waals surface area contributed by atoms with Crippen molar-refractivity contribution >= 4 is 74.9 Å². The fraction of sp³-hybridized carbons (Fsp3) is 0.211. The van der Waals surface area contributed by atoms with E-state index in [4.69, 9.17) is 9.47 Å². The summed E-state index contributed by atoms with van der Waals surface area (Å²) in [7, 11) is 10.6. The zero-order valence-corrected chi connectivity index (χ0v) is 30.0. The van der Waals surface area contributed by atoms with Crippen LogP contribution in [0.5, 0.6) is 11.5 Å². The minimum atomic E-state index is -0.441. The highest BCUT2D eigenvalue weighted by molar-refractivity contribution is 7.25. The summed E-state index contributed by atoms with van der Waals surface area (Å²) < 4.78 is 28.6. The fourth-order valence-corrected chi connectivity index (χ4v) is 7.84. The maximum atomic E-state index is 14.3. The van der Waals surface area contributed by atoms with E-state index < -0.39 is 5.82 Å². The standard InChI is InChI=1S/C18H15FN4O2S.C18H16N4O2S.2CH4/c1-22(2)15-12(19)8-20-17-13(15)14-16(26-17)18(24)23(9-21-14)10-4-6-11(25-3)7-5-10;1-21(2)13-8-9-19-17-14(13)15-16(25-17)18(23)22(10-20-15)11-4-6-12(24-3)7-5-11;;/h4-9H,1-3H3;4-10H,1-3H3;2*1H4. The van der Waals surface area contributed by atoms with Gasteiger partial charge < -0.3 is 19.3 Å². The molecule has 6 aromatic heterocycles. The summed E-state index contributed by atoms with van der Waals surface area (Å²) in [4.78, 5) is 48.6. The molecule has 0 atom stereocenters. The molecule has 12 nitrogen and oxygen atoms in total. The minimum Gasteiger partial charge on any atom is -0.497 e. The average Bonchev–Trinajstić information content (AvgIpc) is 3.72. The summed E-state index contributed by atoms with van der Waals surface area (Å²) in [5.41, 5.74) is 3.67. The lowest BCUT2D eigenvalue weighted by molar-refractivity contribution is 0.414. The van der Waals surface area contributed by atoms with Crippen LogP contribution in [0.25, 0.3) is 52.2 Å². The van der Waals surface area contributed by atoms with E-state index in [0.29, 0.717) is 47.8 Å². The second-order valence-corrected chi connectivity index (χ2v) is 13.7. The average molecular weight is 755 g/mol. The molecule has 274 valence electrons. The number of aromatic nitrogens is 6. The lowest BCUT2D eigenvalue weighted by Gasteiger charge is -2.14. The van der Waals surface area contributed by atoms with Crippen LogP contribution >= 0.6 is 22.7 Å². The van der Waals surface area contributed by atoms with Gasteiger partial charge in [-0.05, 0) is 54.6 Å². The van der Waals surface area contributed by atoms with Crippen LogP contribution < -0.4 is 30.4 Å². The van der Waals surface area contributed by atoms with E-state index in [-0.39, 0.29) is 26.0 Å². The Morgan fingerprint density at radius 3 is 1.57 bits per heavy atom. The third-order valence-electron chi connectivity index (χ3n) is 8.23. The molecule has 0 amide bonds. The van der Waals surface area contributed by atoms with Crippen LogP contribution in [0, 0.1) is 5.82 Å². The fourth-order valence-electron chi connectivity index (χ4n) is 5.76. The smallest absolute Gasteiger partial charge is 0.275 e. The maximum Gasteiger partial charge on any atom is 0.275 e. The van der Waals surface area contributed by atoms with Crippen LogP contribution in [0.3, 0.4) is 0 Å². The first kappa shape index (κ1) is 38.3. The van der Waals surface area contributed by atoms with Gasteiger partial charge >= 0.3 is 0 Å². The first-order chi connectivity index (χ1) is 24.6. The van der Waals surface area contributed by atoms with Gasteiger partial charge in [-0.3, -0.25) is 18.7 Å². The van der Waals surface area contributed by atoms with E-state index in [1.54, 1.807) is 74.6 Å². The van der Waals surface area contributed by atoms with Crippen molar-refractivity contribution in [2.75, 3.05) is 52.2 Å². The Hall–Kier alpha value is -5.93. The predicted molar refractivity (Wildman–Crippen MR) is 216 cm³/mol. The lowest BCUT2D eigenvalue weighted by atomic mass is 10.2. The molecule has 0 saturated carbocycles. The molecule has 0 bridgehead atoms. The van der Waals surface area contributed by atoms with Gasteiger partial charge in [-0.15, -0.1) is 22.7 Å². The quantitative estimate of drug-likeness (QED) is 0.168. The summed E-state index contributed by atoms with van der Waals surface area (Å²) in [6, 6.07) is 16.4. The van der Waals surface area contributed by atoms with E-state index >= 15 is 0 Å². The number of hydrogen-bond donors (Lipinski definition) is 0. The highest BCUT2D eigenvalue weighted by Gasteiger charge is 2.20. The third kappa shape index (κ3) is 6.76. The highest BCUT2D eigenvalue weighted by atomic mass is 32.1. The molecule has 2 aromatic carbocycles. The molecule has 53 heavy (non-hydrogen) atoms. The Bertz CT molecular complexity index is 2690. The molecule has 0 fully saturated rings. The van der Waals surface area contributed by atoms with Crippen LogP contribution in [-0.2, 0) is 0 Å². The predicted octanol–water partition coefficient (Wildman–Crippen LogP) is 7.55. The van der Waals surface area contributed by atoms with Crippen molar-refractivity contribution in [1.29, 1.82) is 0 Å². The number of benzene rings is 2. The summed E-state index contributed by atoms with van der Waals surface area (Å²) in [5.74, 6) is 1.00. The topological polar surface area (TPSA) is 120 Å². The van der Waals surface area contributed by atoms with Crippen molar-refractivity contribution in [3.63, 3.8) is 0 Å². The number of ether oxygens (including phenoxy) is 2. The first-order valence-corrected chi connectivity index (χ1v) is 17.1. The van der Waals surface area contributed by atoms with Crippen molar-refractivity contribution in [1.82, 2.24) is 29.1 Å². The molecule has 8 rings (SSSR count). The SMILES string of the molecule is C.C.COc1ccc(-n2cnc3c(sc4ncc(F)c(N(C)C)c43)c2=O)cc1.COc1ccc(-n2cnc3c(sc4nccc(N(C)C)c43)c2=O)cc1. The number of nitrogens with zero attached hydrogens (tertiary/aromatic N) is 8. The molecule has 0 radical (unpaired) electrons. The van der Waals surface area contributed by atoms with Gasteiger partial charge in [0.05, 0.1) is 59.5 Å². The summed E-state index contributed by atoms with van der Waals surface area (Å²) in [6.07, 6.45) is 5.97. The Labute approximate surface area is 313 Å². The molecule has 0 aliphatic heterocycles. The van der Waals surface area contributed by atoms with Crippen LogP contribution in [-0.4, -0.2) is 71.5 Å². The van der Waals surface area contributed by atoms with Crippen molar-refractivity contribution in [2.45, 2.75) is 14.9 Å². The number of thiophene rings is 2. The van der Waals surface area contributed by atoms with Gasteiger partial charge in [0.1, 0.15) is 48.7 Å². The molecule has 8 aromatic rings. The van der Waals surface area contributed by atoms with Crippen molar-refractivity contribution in [3.8, 4) is 22.9 Å². The zero-order valence-electron chi connectivity index (χ0n) is 28.4. The number of rotatable bonds is 6. The number of methoxy groups -OCH3 is 2. The number of hydrogen-bond acceptors (Lipinski definition) is 12. The second-order valence-electron chi connectivity index (χ2n) is 11.7. The molecule has 0 spiro atoms. The Morgan fingerprint density at radius 1 is 0.642 bits per heavy atom. The van der Waals surface area contributed by atoms with Crippen LogP contribution in [0.4, 0.5) is 15.8 Å². The normalized spacial score (nSPS) is 10.8. The molecule has 0 aliphatic rings. The molecular weight excluding hydrogens is 716 g/mol. The largest absolute Gasteiger partial charge is 0.497 e. The van der Waals surface area contributed by atoms with E-state index in [0.717, 1.165) is 27.3 Å². The molecular formula is C38H39FN8O4S2. The van der Waals surface area contributed by atoms with Gasteiger partial charge in [-0.2, -0.15) is 0 Å². The Kier molecular flexibility index (Phi) is 11.1. The molecule has 6 heterocycles. The van der Waals surface area contributed by atoms with Crippen molar-refractivity contribution in [2.24, 2.45) is 0 Å². The van der Waals surface area contributed by atoms with E-state index in [2.05, 4.69) is 19.9 Å². The minimum absolute atomic E-state index is 0. The summed E-state index contributed by atoms with van der Waals surface area (Å²) in [6.45, 7) is 0. The van der Waals surface area contributed by atoms with Crippen LogP contribution in [0.2, 0.25) is 0 Å². The van der Waals surface area contributed by atoms with Gasteiger partial charge in [-0.25, -0.2) is 24.3 Å². The van der Waals surface area contributed by atoms with Gasteiger partial charge in [-0.1, -0.05) is 14.9 Å². The highest BCUT2D eigenvalue weighted by Crippen LogP contribution is 2.37. The van der Waals surface area contributed by atoms with E-state index in [1.807, 2.05) is 49.3 Å². The number of anilines is 2. The summed E-state index contributed by atoms with van der Waals surface area (Å²) >= 11 is 2.60. The van der Waals surface area contributed by atoms with Gasteiger partial charge in [0.25, 0.3) is 11.1 Å². The second kappa shape index (κ2) is 15.4. The number of fused-ring (bicyclic) bond motifs is 6. The maximum absolute atomic E-state index is 14.3. The van der Waals surface area contributed by atoms with Crippen molar-refractivity contribution in [3.05, 3.63) is 106 Å². The molecule has 0 N–H and O–H groups in total. The van der Waals surface area contributed by atoms with Gasteiger partial charge in [0.15, 0.2) is 5.82 Å².